The van der Waals surface area contributed by atoms with Gasteiger partial charge < -0.3 is 15.1 Å². The van der Waals surface area contributed by atoms with Crippen LogP contribution in [0.3, 0.4) is 0 Å². The van der Waals surface area contributed by atoms with Crippen LogP contribution >= 0.6 is 0 Å². The van der Waals surface area contributed by atoms with E-state index in [1.807, 2.05) is 6.07 Å². The van der Waals surface area contributed by atoms with Crippen LogP contribution in [0.5, 0.6) is 0 Å². The molecule has 1 heterocycles. The molecule has 5 nitrogen and oxygen atoms in total. The number of benzene rings is 1. The van der Waals surface area contributed by atoms with Crippen LogP contribution in [0.4, 0.5) is 0 Å². The fraction of sp³-hybridized carbons (Fsp3) is 0.263. The van der Waals surface area contributed by atoms with Crippen LogP contribution in [-0.2, 0) is 4.79 Å². The van der Waals surface area contributed by atoms with Crippen molar-refractivity contribution in [3.63, 3.8) is 0 Å². The van der Waals surface area contributed by atoms with Gasteiger partial charge in [-0.1, -0.05) is 31.0 Å². The minimum Gasteiger partial charge on any atom is -0.465 e. The first-order chi connectivity index (χ1) is 11.7. The molecule has 1 saturated carbocycles. The van der Waals surface area contributed by atoms with E-state index in [0.717, 1.165) is 25.7 Å². The number of furan rings is 1. The molecule has 0 spiro atoms. The Morgan fingerprint density at radius 3 is 2.46 bits per heavy atom. The van der Waals surface area contributed by atoms with Gasteiger partial charge in [-0.3, -0.25) is 9.59 Å². The summed E-state index contributed by atoms with van der Waals surface area (Å²) in [7, 11) is 0. The lowest BCUT2D eigenvalue weighted by molar-refractivity contribution is -0.118. The maximum Gasteiger partial charge on any atom is 0.268 e. The normalized spacial score (nSPS) is 15.2. The van der Waals surface area contributed by atoms with Crippen LogP contribution in [-0.4, -0.2) is 17.9 Å². The highest BCUT2D eigenvalue weighted by Gasteiger charge is 2.21. The largest absolute Gasteiger partial charge is 0.465 e. The van der Waals surface area contributed by atoms with Gasteiger partial charge in [-0.05, 0) is 37.1 Å². The summed E-state index contributed by atoms with van der Waals surface area (Å²) in [6, 6.07) is 12.4. The van der Waals surface area contributed by atoms with E-state index in [2.05, 4.69) is 10.6 Å². The lowest BCUT2D eigenvalue weighted by atomic mass is 10.2. The van der Waals surface area contributed by atoms with E-state index < -0.39 is 0 Å². The number of carbonyl (C=O) groups excluding carboxylic acids is 2. The first-order valence-corrected chi connectivity index (χ1v) is 8.15. The Morgan fingerprint density at radius 1 is 1.04 bits per heavy atom. The number of nitrogens with one attached hydrogen (secondary N) is 2. The van der Waals surface area contributed by atoms with Crippen molar-refractivity contribution in [3.8, 4) is 0 Å². The SMILES string of the molecule is O=C(NC1CCCC1)/C(=C/c1ccco1)NC(=O)c1ccccc1. The van der Waals surface area contributed by atoms with Gasteiger partial charge in [0.15, 0.2) is 0 Å². The van der Waals surface area contributed by atoms with Crippen molar-refractivity contribution < 1.29 is 14.0 Å². The first kappa shape index (κ1) is 16.1. The maximum atomic E-state index is 12.6. The van der Waals surface area contributed by atoms with Crippen LogP contribution in [0, 0.1) is 0 Å². The zero-order valence-electron chi connectivity index (χ0n) is 13.3. The van der Waals surface area contributed by atoms with Crippen molar-refractivity contribution in [1.82, 2.24) is 10.6 Å². The van der Waals surface area contributed by atoms with Crippen molar-refractivity contribution in [2.24, 2.45) is 0 Å². The number of amides is 2. The van der Waals surface area contributed by atoms with Gasteiger partial charge >= 0.3 is 0 Å². The fourth-order valence-electron chi connectivity index (χ4n) is 2.79. The van der Waals surface area contributed by atoms with E-state index >= 15 is 0 Å². The second kappa shape index (κ2) is 7.64. The lowest BCUT2D eigenvalue weighted by Gasteiger charge is -2.15. The summed E-state index contributed by atoms with van der Waals surface area (Å²) in [6.07, 6.45) is 7.28. The van der Waals surface area contributed by atoms with Gasteiger partial charge in [0.2, 0.25) is 0 Å². The number of rotatable bonds is 5. The third-order valence-corrected chi connectivity index (χ3v) is 4.05. The molecule has 2 aromatic rings. The summed E-state index contributed by atoms with van der Waals surface area (Å²) < 4.78 is 5.26. The van der Waals surface area contributed by atoms with E-state index in [4.69, 9.17) is 4.42 Å². The van der Waals surface area contributed by atoms with Crippen molar-refractivity contribution in [2.75, 3.05) is 0 Å². The Bertz CT molecular complexity index is 714. The highest BCUT2D eigenvalue weighted by Crippen LogP contribution is 2.18. The Morgan fingerprint density at radius 2 is 1.79 bits per heavy atom. The predicted octanol–water partition coefficient (Wildman–Crippen LogP) is 3.11. The molecular weight excluding hydrogens is 304 g/mol. The van der Waals surface area contributed by atoms with E-state index in [1.165, 1.54) is 6.26 Å². The maximum absolute atomic E-state index is 12.6. The van der Waals surface area contributed by atoms with E-state index in [-0.39, 0.29) is 23.6 Å². The summed E-state index contributed by atoms with van der Waals surface area (Å²) in [5, 5.41) is 5.68. The summed E-state index contributed by atoms with van der Waals surface area (Å²) in [5.74, 6) is -0.0995. The van der Waals surface area contributed by atoms with E-state index in [0.29, 0.717) is 11.3 Å². The van der Waals surface area contributed by atoms with Gasteiger partial charge in [-0.15, -0.1) is 0 Å². The molecule has 2 N–H and O–H groups in total. The minimum absolute atomic E-state index is 0.172. The molecule has 1 aromatic heterocycles. The third-order valence-electron chi connectivity index (χ3n) is 4.05. The average molecular weight is 324 g/mol. The van der Waals surface area contributed by atoms with Gasteiger partial charge in [0.1, 0.15) is 11.5 Å². The fourth-order valence-corrected chi connectivity index (χ4v) is 2.79. The molecule has 1 aromatic carbocycles. The third kappa shape index (κ3) is 4.13. The molecule has 124 valence electrons. The minimum atomic E-state index is -0.324. The second-order valence-electron chi connectivity index (χ2n) is 5.85. The first-order valence-electron chi connectivity index (χ1n) is 8.15. The molecule has 0 radical (unpaired) electrons. The summed E-state index contributed by atoms with van der Waals surface area (Å²) in [5.41, 5.74) is 0.683. The van der Waals surface area contributed by atoms with E-state index in [9.17, 15) is 9.59 Å². The number of hydrogen-bond donors (Lipinski definition) is 2. The molecule has 1 aliphatic carbocycles. The molecular formula is C19H20N2O3. The van der Waals surface area contributed by atoms with Crippen LogP contribution in [0.15, 0.2) is 58.8 Å². The highest BCUT2D eigenvalue weighted by molar-refractivity contribution is 6.05. The second-order valence-corrected chi connectivity index (χ2v) is 5.85. The standard InChI is InChI=1S/C19H20N2O3/c22-18(14-7-2-1-3-8-14)21-17(13-16-11-6-12-24-16)19(23)20-15-9-4-5-10-15/h1-3,6-8,11-13,15H,4-5,9-10H2,(H,20,23)(H,21,22)/b17-13-. The Labute approximate surface area is 140 Å². The van der Waals surface area contributed by atoms with Gasteiger partial charge in [-0.2, -0.15) is 0 Å². The Balaban J connectivity index is 1.77. The number of hydrogen-bond acceptors (Lipinski definition) is 3. The molecule has 0 aliphatic heterocycles. The molecule has 24 heavy (non-hydrogen) atoms. The topological polar surface area (TPSA) is 71.3 Å². The van der Waals surface area contributed by atoms with Gasteiger partial charge in [0.25, 0.3) is 11.8 Å². The molecule has 0 bridgehead atoms. The molecule has 3 rings (SSSR count). The highest BCUT2D eigenvalue weighted by atomic mass is 16.3. The molecule has 1 aliphatic rings. The van der Waals surface area contributed by atoms with Crippen LogP contribution in [0.25, 0.3) is 6.08 Å². The summed E-state index contributed by atoms with van der Waals surface area (Å²) in [6.45, 7) is 0. The molecule has 0 atom stereocenters. The van der Waals surface area contributed by atoms with Crippen LogP contribution < -0.4 is 10.6 Å². The van der Waals surface area contributed by atoms with Crippen molar-refractivity contribution in [3.05, 3.63) is 65.7 Å². The van der Waals surface area contributed by atoms with Crippen LogP contribution in [0.2, 0.25) is 0 Å². The lowest BCUT2D eigenvalue weighted by Crippen LogP contribution is -2.39. The Kier molecular flexibility index (Phi) is 5.11. The van der Waals surface area contributed by atoms with Gasteiger partial charge in [-0.25, -0.2) is 0 Å². The zero-order chi connectivity index (χ0) is 16.8. The van der Waals surface area contributed by atoms with Crippen LogP contribution in [0.1, 0.15) is 41.8 Å². The van der Waals surface area contributed by atoms with Gasteiger partial charge in [0, 0.05) is 17.7 Å². The molecule has 5 heteroatoms. The average Bonchev–Trinajstić information content (AvgIpc) is 3.29. The quantitative estimate of drug-likeness (QED) is 0.830. The summed E-state index contributed by atoms with van der Waals surface area (Å²) in [4.78, 5) is 24.9. The zero-order valence-corrected chi connectivity index (χ0v) is 13.3. The Hall–Kier alpha value is -2.82. The van der Waals surface area contributed by atoms with Crippen molar-refractivity contribution in [2.45, 2.75) is 31.7 Å². The smallest absolute Gasteiger partial charge is 0.268 e. The van der Waals surface area contributed by atoms with Crippen molar-refractivity contribution >= 4 is 17.9 Å². The predicted molar refractivity (Wildman–Crippen MR) is 91.0 cm³/mol. The van der Waals surface area contributed by atoms with Crippen molar-refractivity contribution in [1.29, 1.82) is 0 Å². The molecule has 1 fully saturated rings. The molecule has 2 amide bonds. The molecule has 0 saturated heterocycles. The van der Waals surface area contributed by atoms with E-state index in [1.54, 1.807) is 42.5 Å². The van der Waals surface area contributed by atoms with Gasteiger partial charge in [0.05, 0.1) is 6.26 Å². The summed E-state index contributed by atoms with van der Waals surface area (Å²) >= 11 is 0. The number of carbonyl (C=O) groups is 2. The monoisotopic (exact) mass is 324 g/mol. The molecule has 0 unspecified atom stereocenters.